The molecule has 7 nitrogen and oxygen atoms in total. The second-order valence-corrected chi connectivity index (χ2v) is 7.80. The van der Waals surface area contributed by atoms with Crippen LogP contribution >= 0.6 is 0 Å². The Balaban J connectivity index is 1.61. The lowest BCUT2D eigenvalue weighted by Crippen LogP contribution is -2.26. The highest BCUT2D eigenvalue weighted by Crippen LogP contribution is 2.33. The maximum atomic E-state index is 10.7. The van der Waals surface area contributed by atoms with Gasteiger partial charge in [0.25, 0.3) is 0 Å². The van der Waals surface area contributed by atoms with Crippen LogP contribution in [0.4, 0.5) is 5.69 Å². The van der Waals surface area contributed by atoms with Gasteiger partial charge in [-0.1, -0.05) is 13.8 Å². The summed E-state index contributed by atoms with van der Waals surface area (Å²) in [7, 11) is 3.50. The summed E-state index contributed by atoms with van der Waals surface area (Å²) in [5, 5.41) is 19.4. The Kier molecular flexibility index (Phi) is 5.11. The van der Waals surface area contributed by atoms with E-state index in [4.69, 9.17) is 14.9 Å². The van der Waals surface area contributed by atoms with E-state index >= 15 is 0 Å². The number of aryl methyl sites for hydroxylation is 1. The van der Waals surface area contributed by atoms with Crippen LogP contribution in [0, 0.1) is 11.3 Å². The first-order valence-corrected chi connectivity index (χ1v) is 9.91. The van der Waals surface area contributed by atoms with Crippen molar-refractivity contribution in [3.8, 4) is 11.5 Å². The summed E-state index contributed by atoms with van der Waals surface area (Å²) in [6, 6.07) is 13.2. The number of aliphatic hydroxyl groups excluding tert-OH is 1. The fraction of sp³-hybridized carbons (Fsp3) is 0.304. The second-order valence-electron chi connectivity index (χ2n) is 7.80. The van der Waals surface area contributed by atoms with Crippen LogP contribution in [0.1, 0.15) is 19.7 Å². The molecular weight excluding hydrogens is 380 g/mol. The summed E-state index contributed by atoms with van der Waals surface area (Å²) in [4.78, 5) is 6.43. The Morgan fingerprint density at radius 1 is 1.13 bits per heavy atom. The average Bonchev–Trinajstić information content (AvgIpc) is 3.21. The third-order valence-electron chi connectivity index (χ3n) is 5.15. The molecule has 0 atom stereocenters. The zero-order valence-corrected chi connectivity index (χ0v) is 17.6. The predicted molar refractivity (Wildman–Crippen MR) is 119 cm³/mol. The molecule has 0 saturated heterocycles. The van der Waals surface area contributed by atoms with Crippen LogP contribution in [0.25, 0.3) is 16.6 Å². The first-order valence-electron chi connectivity index (χ1n) is 9.91. The molecular formula is C23H26N4O3. The van der Waals surface area contributed by atoms with E-state index in [0.29, 0.717) is 29.7 Å². The lowest BCUT2D eigenvalue weighted by molar-refractivity contribution is 0.271. The van der Waals surface area contributed by atoms with Crippen molar-refractivity contribution in [1.29, 1.82) is 5.41 Å². The number of imidazole rings is 1. The second kappa shape index (κ2) is 7.74. The first kappa shape index (κ1) is 19.8. The number of hydrogen-bond donors (Lipinski definition) is 2. The highest BCUT2D eigenvalue weighted by molar-refractivity contribution is 6.30. The minimum Gasteiger partial charge on any atom is -0.509 e. The molecule has 0 amide bonds. The largest absolute Gasteiger partial charge is 0.509 e. The van der Waals surface area contributed by atoms with Crippen molar-refractivity contribution < 1.29 is 14.6 Å². The highest BCUT2D eigenvalue weighted by Gasteiger charge is 2.32. The number of rotatable bonds is 6. The molecule has 1 aliphatic rings. The van der Waals surface area contributed by atoms with Gasteiger partial charge in [0.05, 0.1) is 36.9 Å². The summed E-state index contributed by atoms with van der Waals surface area (Å²) in [5.74, 6) is 2.86. The van der Waals surface area contributed by atoms with E-state index in [2.05, 4.69) is 18.8 Å². The molecule has 0 spiro atoms. The maximum absolute atomic E-state index is 10.7. The fourth-order valence-electron chi connectivity index (χ4n) is 3.55. The van der Waals surface area contributed by atoms with Crippen molar-refractivity contribution in [3.05, 3.63) is 54.0 Å². The van der Waals surface area contributed by atoms with E-state index < -0.39 is 0 Å². The van der Waals surface area contributed by atoms with E-state index in [1.165, 1.54) is 0 Å². The third kappa shape index (κ3) is 3.47. The van der Waals surface area contributed by atoms with Crippen LogP contribution < -0.4 is 14.4 Å². The summed E-state index contributed by atoms with van der Waals surface area (Å²) in [6.45, 7) is 5.09. The number of methoxy groups -OCH3 is 1. The van der Waals surface area contributed by atoms with Crippen LogP contribution in [0.15, 0.2) is 48.2 Å². The molecule has 2 N–H and O–H groups in total. The Bertz CT molecular complexity index is 1130. The van der Waals surface area contributed by atoms with Gasteiger partial charge in [0, 0.05) is 18.8 Å². The molecule has 30 heavy (non-hydrogen) atoms. The van der Waals surface area contributed by atoms with Crippen molar-refractivity contribution in [2.45, 2.75) is 13.8 Å². The number of anilines is 1. The minimum atomic E-state index is 0.130. The summed E-state index contributed by atoms with van der Waals surface area (Å²) in [5.41, 5.74) is 2.92. The van der Waals surface area contributed by atoms with Gasteiger partial charge in [0.1, 0.15) is 28.9 Å². The average molecular weight is 406 g/mol. The fourth-order valence-corrected chi connectivity index (χ4v) is 3.55. The Morgan fingerprint density at radius 3 is 2.50 bits per heavy atom. The lowest BCUT2D eigenvalue weighted by atomic mass is 10.2. The lowest BCUT2D eigenvalue weighted by Gasteiger charge is -2.19. The number of ether oxygens (including phenoxy) is 2. The topological polar surface area (TPSA) is 83.6 Å². The molecule has 156 valence electrons. The van der Waals surface area contributed by atoms with Crippen LogP contribution in [0.5, 0.6) is 11.5 Å². The van der Waals surface area contributed by atoms with Gasteiger partial charge in [0.2, 0.25) is 0 Å². The number of aromatic nitrogens is 2. The van der Waals surface area contributed by atoms with Gasteiger partial charge in [-0.15, -0.1) is 0 Å². The Morgan fingerprint density at radius 2 is 1.83 bits per heavy atom. The number of amidine groups is 1. The third-order valence-corrected chi connectivity index (χ3v) is 5.15. The summed E-state index contributed by atoms with van der Waals surface area (Å²) in [6.07, 6.45) is 0. The van der Waals surface area contributed by atoms with E-state index in [-0.39, 0.29) is 18.1 Å². The molecule has 1 aliphatic heterocycles. The van der Waals surface area contributed by atoms with Gasteiger partial charge in [0.15, 0.2) is 0 Å². The molecule has 0 fully saturated rings. The van der Waals surface area contributed by atoms with Crippen molar-refractivity contribution >= 4 is 28.1 Å². The Hall–Kier alpha value is -3.48. The van der Waals surface area contributed by atoms with Gasteiger partial charge < -0.3 is 24.0 Å². The first-order chi connectivity index (χ1) is 14.4. The molecule has 1 aromatic heterocycles. The summed E-state index contributed by atoms with van der Waals surface area (Å²) >= 11 is 0. The molecule has 0 bridgehead atoms. The van der Waals surface area contributed by atoms with Crippen molar-refractivity contribution in [1.82, 2.24) is 9.55 Å². The molecule has 3 aromatic rings. The van der Waals surface area contributed by atoms with E-state index in [9.17, 15) is 5.11 Å². The number of fused-ring (bicyclic) bond motifs is 1. The maximum Gasteiger partial charge on any atom is 0.148 e. The van der Waals surface area contributed by atoms with Crippen LogP contribution in [-0.4, -0.2) is 40.8 Å². The number of nitrogens with zero attached hydrogens (tertiary/aromatic N) is 3. The minimum absolute atomic E-state index is 0.130. The van der Waals surface area contributed by atoms with Crippen LogP contribution in [-0.2, 0) is 7.05 Å². The smallest absolute Gasteiger partial charge is 0.148 e. The number of nitrogens with one attached hydrogen (secondary N) is 1. The molecule has 2 aromatic carbocycles. The zero-order valence-electron chi connectivity index (χ0n) is 17.6. The molecule has 0 radical (unpaired) electrons. The number of aliphatic hydroxyl groups is 1. The van der Waals surface area contributed by atoms with E-state index in [1.807, 2.05) is 54.1 Å². The Labute approximate surface area is 175 Å². The van der Waals surface area contributed by atoms with Gasteiger partial charge in [-0.05, 0) is 42.3 Å². The highest BCUT2D eigenvalue weighted by atomic mass is 16.5. The quantitative estimate of drug-likeness (QED) is 0.635. The van der Waals surface area contributed by atoms with Gasteiger partial charge in [-0.3, -0.25) is 5.41 Å². The summed E-state index contributed by atoms with van der Waals surface area (Å²) < 4.78 is 12.9. The molecule has 7 heteroatoms. The monoisotopic (exact) mass is 406 g/mol. The van der Waals surface area contributed by atoms with E-state index in [0.717, 1.165) is 22.5 Å². The zero-order chi connectivity index (χ0) is 21.4. The normalized spacial score (nSPS) is 14.3. The van der Waals surface area contributed by atoms with E-state index in [1.54, 1.807) is 12.0 Å². The van der Waals surface area contributed by atoms with Crippen molar-refractivity contribution in [3.63, 3.8) is 0 Å². The van der Waals surface area contributed by atoms with Crippen LogP contribution in [0.3, 0.4) is 0 Å². The standard InChI is InChI=1S/C23H26N4O3/c1-14(2)13-30-16-7-5-15(6-8-16)27-12-20(28)21(22(27)24)23-25-18-11-17(29-4)9-10-19(18)26(23)3/h5-11,14,24,28H,12-13H2,1-4H3. The molecule has 4 rings (SSSR count). The van der Waals surface area contributed by atoms with Gasteiger partial charge in [-0.2, -0.15) is 0 Å². The van der Waals surface area contributed by atoms with Crippen molar-refractivity contribution in [2.24, 2.45) is 13.0 Å². The number of benzene rings is 2. The molecule has 0 unspecified atom stereocenters. The molecule has 0 aliphatic carbocycles. The van der Waals surface area contributed by atoms with Crippen LogP contribution in [0.2, 0.25) is 0 Å². The van der Waals surface area contributed by atoms with Crippen molar-refractivity contribution in [2.75, 3.05) is 25.2 Å². The molecule has 2 heterocycles. The SMILES string of the molecule is COc1ccc2c(c1)nc(C1=C(O)CN(c3ccc(OCC(C)C)cc3)C1=N)n2C. The predicted octanol–water partition coefficient (Wildman–Crippen LogP) is 4.38. The number of hydrogen-bond acceptors (Lipinski definition) is 5. The van der Waals surface area contributed by atoms with Gasteiger partial charge >= 0.3 is 0 Å². The van der Waals surface area contributed by atoms with Gasteiger partial charge in [-0.25, -0.2) is 4.98 Å². The molecule has 0 saturated carbocycles.